The molecule has 0 radical (unpaired) electrons. The van der Waals surface area contributed by atoms with Gasteiger partial charge < -0.3 is 25.0 Å². The van der Waals surface area contributed by atoms with Crippen molar-refractivity contribution in [2.45, 2.75) is 6.54 Å². The van der Waals surface area contributed by atoms with Crippen LogP contribution in [0.2, 0.25) is 10.0 Å². The molecular weight excluding hydrogens is 553 g/mol. The van der Waals surface area contributed by atoms with Crippen LogP contribution in [0.4, 0.5) is 23.1 Å². The Bertz CT molecular complexity index is 1440. The third-order valence-electron chi connectivity index (χ3n) is 6.56. The number of benzene rings is 1. The number of anilines is 4. The number of rotatable bonds is 9. The number of nitrogens with zero attached hydrogens (tertiary/aromatic N) is 7. The number of pyridine rings is 1. The van der Waals surface area contributed by atoms with E-state index in [2.05, 4.69) is 58.5 Å². The normalized spacial score (nSPS) is 14.1. The van der Waals surface area contributed by atoms with Crippen LogP contribution in [0.5, 0.6) is 11.5 Å². The predicted molar refractivity (Wildman–Crippen MR) is 156 cm³/mol. The summed E-state index contributed by atoms with van der Waals surface area (Å²) in [5.74, 6) is 2.48. The number of nitrogens with one attached hydrogen (secondary N) is 2. The van der Waals surface area contributed by atoms with Gasteiger partial charge in [-0.3, -0.25) is 4.90 Å². The quantitative estimate of drug-likeness (QED) is 0.281. The molecule has 2 N–H and O–H groups in total. The van der Waals surface area contributed by atoms with Crippen LogP contribution < -0.4 is 20.1 Å². The van der Waals surface area contributed by atoms with Crippen LogP contribution >= 0.6 is 23.2 Å². The molecule has 1 saturated heterocycles. The summed E-state index contributed by atoms with van der Waals surface area (Å²) < 4.78 is 10.7. The van der Waals surface area contributed by atoms with Crippen LogP contribution in [0.25, 0.3) is 11.3 Å². The van der Waals surface area contributed by atoms with E-state index in [1.165, 1.54) is 32.4 Å². The number of piperazine rings is 1. The number of aromatic nitrogens is 5. The molecule has 0 bridgehead atoms. The lowest BCUT2D eigenvalue weighted by Crippen LogP contribution is -2.43. The first kappa shape index (κ1) is 27.8. The van der Waals surface area contributed by atoms with E-state index in [1.807, 2.05) is 12.3 Å². The van der Waals surface area contributed by atoms with Crippen molar-refractivity contribution in [1.29, 1.82) is 0 Å². The van der Waals surface area contributed by atoms with Gasteiger partial charge in [-0.25, -0.2) is 24.9 Å². The summed E-state index contributed by atoms with van der Waals surface area (Å²) >= 11 is 13.1. The molecule has 11 nitrogen and oxygen atoms in total. The molecule has 0 aliphatic carbocycles. The fourth-order valence-corrected chi connectivity index (χ4v) is 4.89. The van der Waals surface area contributed by atoms with Gasteiger partial charge in [-0.05, 0) is 18.7 Å². The molecule has 0 amide bonds. The second-order valence-corrected chi connectivity index (χ2v) is 9.99. The zero-order valence-corrected chi connectivity index (χ0v) is 23.9. The Labute approximate surface area is 242 Å². The van der Waals surface area contributed by atoms with Crippen molar-refractivity contribution in [2.75, 3.05) is 58.1 Å². The first-order valence-electron chi connectivity index (χ1n) is 12.6. The molecule has 3 aromatic heterocycles. The molecule has 13 heteroatoms. The molecule has 40 heavy (non-hydrogen) atoms. The molecule has 5 rings (SSSR count). The smallest absolute Gasteiger partial charge is 0.143 e. The lowest BCUT2D eigenvalue weighted by atomic mass is 10.2. The highest BCUT2D eigenvalue weighted by Crippen LogP contribution is 2.45. The van der Waals surface area contributed by atoms with Gasteiger partial charge in [0.2, 0.25) is 0 Å². The van der Waals surface area contributed by atoms with Crippen LogP contribution in [0, 0.1) is 0 Å². The van der Waals surface area contributed by atoms with Gasteiger partial charge in [0, 0.05) is 57.3 Å². The SMILES string of the molecule is COc1cc(OC)c(Cl)c(Nc2ncncc2-c2cc(Nc3ccc(CN4CCN(C)CC4)cn3)ncn2)c1Cl. The van der Waals surface area contributed by atoms with E-state index in [0.29, 0.717) is 45.9 Å². The number of halogens is 2. The standard InChI is InChI=1S/C27H29Cl2N9O2/c1-37-6-8-38(9-7-37)14-17-4-5-22(31-12-17)35-23-10-19(32-16-33-23)18-13-30-15-34-27(18)36-26-24(28)20(39-2)11-21(40-3)25(26)29/h4-5,10-13,15-16H,6-9,14H2,1-3H3,(H,30,34,36)(H,31,32,33,35). The maximum Gasteiger partial charge on any atom is 0.143 e. The number of hydrogen-bond acceptors (Lipinski definition) is 11. The van der Waals surface area contributed by atoms with Crippen molar-refractivity contribution in [3.63, 3.8) is 0 Å². The van der Waals surface area contributed by atoms with Crippen LogP contribution in [0.1, 0.15) is 5.56 Å². The summed E-state index contributed by atoms with van der Waals surface area (Å²) in [6.45, 7) is 5.17. The number of methoxy groups -OCH3 is 2. The van der Waals surface area contributed by atoms with Gasteiger partial charge >= 0.3 is 0 Å². The van der Waals surface area contributed by atoms with Gasteiger partial charge in [0.15, 0.2) is 0 Å². The van der Waals surface area contributed by atoms with Gasteiger partial charge in [0.05, 0.1) is 31.2 Å². The summed E-state index contributed by atoms with van der Waals surface area (Å²) in [4.78, 5) is 26.7. The van der Waals surface area contributed by atoms with Crippen LogP contribution in [0.3, 0.4) is 0 Å². The number of ether oxygens (including phenoxy) is 2. The summed E-state index contributed by atoms with van der Waals surface area (Å²) in [6.07, 6.45) is 6.42. The predicted octanol–water partition coefficient (Wildman–Crippen LogP) is 4.89. The van der Waals surface area contributed by atoms with E-state index in [1.54, 1.807) is 18.3 Å². The number of hydrogen-bond donors (Lipinski definition) is 2. The fraction of sp³-hybridized carbons (Fsp3) is 0.296. The average Bonchev–Trinajstić information content (AvgIpc) is 2.98. The van der Waals surface area contributed by atoms with Crippen LogP contribution in [0.15, 0.2) is 49.3 Å². The molecule has 0 spiro atoms. The van der Waals surface area contributed by atoms with E-state index in [0.717, 1.165) is 32.7 Å². The largest absolute Gasteiger partial charge is 0.495 e. The maximum absolute atomic E-state index is 6.56. The summed E-state index contributed by atoms with van der Waals surface area (Å²) in [5.41, 5.74) is 2.74. The highest BCUT2D eigenvalue weighted by atomic mass is 35.5. The molecule has 1 aliphatic rings. The van der Waals surface area contributed by atoms with Crippen molar-refractivity contribution in [3.05, 3.63) is 64.9 Å². The first-order valence-corrected chi connectivity index (χ1v) is 13.3. The lowest BCUT2D eigenvalue weighted by Gasteiger charge is -2.32. The molecule has 1 fully saturated rings. The molecule has 4 aromatic rings. The topological polar surface area (TPSA) is 113 Å². The molecular formula is C27H29Cl2N9O2. The van der Waals surface area contributed by atoms with Gasteiger partial charge in [-0.2, -0.15) is 0 Å². The number of likely N-dealkylation sites (N-methyl/N-ethyl adjacent to an activating group) is 1. The van der Waals surface area contributed by atoms with Crippen LogP contribution in [-0.4, -0.2) is 82.2 Å². The van der Waals surface area contributed by atoms with Gasteiger partial charge in [-0.15, -0.1) is 0 Å². The van der Waals surface area contributed by atoms with Gasteiger partial charge in [0.25, 0.3) is 0 Å². The van der Waals surface area contributed by atoms with Gasteiger partial charge in [0.1, 0.15) is 51.7 Å². The van der Waals surface area contributed by atoms with E-state index >= 15 is 0 Å². The monoisotopic (exact) mass is 581 g/mol. The van der Waals surface area contributed by atoms with Crippen molar-refractivity contribution < 1.29 is 9.47 Å². The van der Waals surface area contributed by atoms with E-state index in [9.17, 15) is 0 Å². The Kier molecular flexibility index (Phi) is 8.75. The van der Waals surface area contributed by atoms with Crippen molar-refractivity contribution >= 4 is 46.3 Å². The summed E-state index contributed by atoms with van der Waals surface area (Å²) in [5, 5.41) is 7.01. The molecule has 0 atom stereocenters. The van der Waals surface area contributed by atoms with Crippen molar-refractivity contribution in [3.8, 4) is 22.8 Å². The third-order valence-corrected chi connectivity index (χ3v) is 7.31. The minimum Gasteiger partial charge on any atom is -0.495 e. The Morgan fingerprint density at radius 3 is 2.25 bits per heavy atom. The summed E-state index contributed by atoms with van der Waals surface area (Å²) in [7, 11) is 5.18. The minimum atomic E-state index is 0.282. The molecule has 0 saturated carbocycles. The Hall–Kier alpha value is -3.77. The minimum absolute atomic E-state index is 0.282. The molecule has 0 unspecified atom stereocenters. The lowest BCUT2D eigenvalue weighted by molar-refractivity contribution is 0.148. The highest BCUT2D eigenvalue weighted by molar-refractivity contribution is 6.41. The highest BCUT2D eigenvalue weighted by Gasteiger charge is 2.20. The Morgan fingerprint density at radius 2 is 1.57 bits per heavy atom. The second kappa shape index (κ2) is 12.6. The van der Waals surface area contributed by atoms with E-state index < -0.39 is 0 Å². The van der Waals surface area contributed by atoms with Crippen molar-refractivity contribution in [1.82, 2.24) is 34.7 Å². The average molecular weight is 582 g/mol. The van der Waals surface area contributed by atoms with E-state index in [-0.39, 0.29) is 10.0 Å². The Morgan fingerprint density at radius 1 is 0.825 bits per heavy atom. The first-order chi connectivity index (χ1) is 19.4. The van der Waals surface area contributed by atoms with Crippen molar-refractivity contribution in [2.24, 2.45) is 0 Å². The van der Waals surface area contributed by atoms with E-state index in [4.69, 9.17) is 32.7 Å². The summed E-state index contributed by atoms with van der Waals surface area (Å²) in [6, 6.07) is 7.44. The second-order valence-electron chi connectivity index (χ2n) is 9.24. The maximum atomic E-state index is 6.56. The van der Waals surface area contributed by atoms with Crippen LogP contribution in [-0.2, 0) is 6.54 Å². The molecule has 1 aliphatic heterocycles. The molecule has 1 aromatic carbocycles. The molecule has 208 valence electrons. The Balaban J connectivity index is 1.34. The fourth-order valence-electron chi connectivity index (χ4n) is 4.29. The zero-order valence-electron chi connectivity index (χ0n) is 22.4. The molecule has 4 heterocycles. The van der Waals surface area contributed by atoms with Gasteiger partial charge in [-0.1, -0.05) is 29.3 Å². The zero-order chi connectivity index (χ0) is 28.1. The third kappa shape index (κ3) is 6.34.